The minimum atomic E-state index is -0.0929. The molecule has 0 unspecified atom stereocenters. The monoisotopic (exact) mass is 436 g/mol. The maximum Gasteiger partial charge on any atom is 0.238 e. The zero-order valence-corrected chi connectivity index (χ0v) is 18.5. The fourth-order valence-corrected chi connectivity index (χ4v) is 5.57. The number of aryl methyl sites for hydroxylation is 1. The second kappa shape index (κ2) is 9.49. The number of anilines is 2. The van der Waals surface area contributed by atoms with Gasteiger partial charge < -0.3 is 5.32 Å². The Morgan fingerprint density at radius 2 is 2.00 bits per heavy atom. The Morgan fingerprint density at radius 1 is 1.13 bits per heavy atom. The molecule has 0 aliphatic carbocycles. The first-order chi connectivity index (χ1) is 14.7. The lowest BCUT2D eigenvalue weighted by Gasteiger charge is -2.27. The van der Waals surface area contributed by atoms with Crippen LogP contribution >= 0.6 is 23.1 Å². The summed E-state index contributed by atoms with van der Waals surface area (Å²) in [7, 11) is 0. The highest BCUT2D eigenvalue weighted by Crippen LogP contribution is 2.43. The van der Waals surface area contributed by atoms with E-state index in [1.54, 1.807) is 23.1 Å². The van der Waals surface area contributed by atoms with Crippen LogP contribution in [-0.2, 0) is 22.4 Å². The van der Waals surface area contributed by atoms with E-state index in [0.717, 1.165) is 34.7 Å². The molecule has 1 N–H and O–H groups in total. The third kappa shape index (κ3) is 4.60. The highest BCUT2D eigenvalue weighted by Gasteiger charge is 2.35. The van der Waals surface area contributed by atoms with Crippen molar-refractivity contribution >= 4 is 46.3 Å². The topological polar surface area (TPSA) is 49.4 Å². The molecular formula is C24H24N2O2S2. The quantitative estimate of drug-likeness (QED) is 0.520. The molecule has 4 rings (SSSR count). The molecule has 3 aromatic rings. The lowest BCUT2D eigenvalue weighted by molar-refractivity contribution is -0.116. The maximum atomic E-state index is 12.8. The van der Waals surface area contributed by atoms with Crippen molar-refractivity contribution in [3.63, 3.8) is 0 Å². The standard InChI is InChI=1S/C24H24N2O2S2/c1-2-7-17-8-3-4-12-21(17)26-23(28)16-30-24(26)18-9-5-10-19(14-18)25-22(27)15-20-11-6-13-29-20/h3-6,8-14,24H,2,7,15-16H2,1H3,(H,25,27)/t24-/m0/s1. The van der Waals surface area contributed by atoms with Gasteiger partial charge in [-0.3, -0.25) is 14.5 Å². The predicted octanol–water partition coefficient (Wildman–Crippen LogP) is 5.66. The highest BCUT2D eigenvalue weighted by molar-refractivity contribution is 8.00. The molecule has 1 aliphatic heterocycles. The number of para-hydroxylation sites is 1. The summed E-state index contributed by atoms with van der Waals surface area (Å²) in [6, 6.07) is 19.9. The number of benzene rings is 2. The Kier molecular flexibility index (Phi) is 6.55. The van der Waals surface area contributed by atoms with Gasteiger partial charge in [0.05, 0.1) is 12.2 Å². The molecular weight excluding hydrogens is 412 g/mol. The van der Waals surface area contributed by atoms with Crippen molar-refractivity contribution in [2.75, 3.05) is 16.0 Å². The summed E-state index contributed by atoms with van der Waals surface area (Å²) in [4.78, 5) is 28.1. The molecule has 0 saturated carbocycles. The number of hydrogen-bond acceptors (Lipinski definition) is 4. The number of nitrogens with zero attached hydrogens (tertiary/aromatic N) is 1. The van der Waals surface area contributed by atoms with Crippen LogP contribution in [0.1, 0.15) is 34.7 Å². The molecule has 1 aliphatic rings. The first-order valence-electron chi connectivity index (χ1n) is 10.1. The van der Waals surface area contributed by atoms with E-state index < -0.39 is 0 Å². The van der Waals surface area contributed by atoms with Gasteiger partial charge in [0.2, 0.25) is 11.8 Å². The number of carbonyl (C=O) groups is 2. The SMILES string of the molecule is CCCc1ccccc1N1C(=O)CS[C@H]1c1cccc(NC(=O)Cc2cccs2)c1. The number of hydrogen-bond donors (Lipinski definition) is 1. The van der Waals surface area contributed by atoms with Crippen LogP contribution in [-0.4, -0.2) is 17.6 Å². The van der Waals surface area contributed by atoms with E-state index >= 15 is 0 Å². The number of nitrogens with one attached hydrogen (secondary N) is 1. The smallest absolute Gasteiger partial charge is 0.238 e. The van der Waals surface area contributed by atoms with E-state index in [-0.39, 0.29) is 17.2 Å². The molecule has 6 heteroatoms. The molecule has 1 fully saturated rings. The Hall–Kier alpha value is -2.57. The average molecular weight is 437 g/mol. The molecule has 2 amide bonds. The lowest BCUT2D eigenvalue weighted by atomic mass is 10.1. The molecule has 1 saturated heterocycles. The van der Waals surface area contributed by atoms with Gasteiger partial charge in [0, 0.05) is 16.3 Å². The zero-order valence-electron chi connectivity index (χ0n) is 16.8. The zero-order chi connectivity index (χ0) is 20.9. The molecule has 2 heterocycles. The van der Waals surface area contributed by atoms with Gasteiger partial charge >= 0.3 is 0 Å². The van der Waals surface area contributed by atoms with Crippen LogP contribution in [0.2, 0.25) is 0 Å². The second-order valence-electron chi connectivity index (χ2n) is 7.24. The normalized spacial score (nSPS) is 16.1. The number of thioether (sulfide) groups is 1. The van der Waals surface area contributed by atoms with Gasteiger partial charge in [-0.25, -0.2) is 0 Å². The van der Waals surface area contributed by atoms with Gasteiger partial charge in [0.1, 0.15) is 5.37 Å². The van der Waals surface area contributed by atoms with E-state index in [2.05, 4.69) is 18.3 Å². The average Bonchev–Trinajstić information content (AvgIpc) is 3.38. The van der Waals surface area contributed by atoms with Crippen molar-refractivity contribution in [3.05, 3.63) is 82.0 Å². The molecule has 0 spiro atoms. The summed E-state index contributed by atoms with van der Waals surface area (Å²) < 4.78 is 0. The summed E-state index contributed by atoms with van der Waals surface area (Å²) in [5.41, 5.74) is 3.97. The summed E-state index contributed by atoms with van der Waals surface area (Å²) in [6.07, 6.45) is 2.34. The van der Waals surface area contributed by atoms with Crippen LogP contribution in [0.4, 0.5) is 11.4 Å². The van der Waals surface area contributed by atoms with Crippen molar-refractivity contribution in [2.45, 2.75) is 31.6 Å². The predicted molar refractivity (Wildman–Crippen MR) is 126 cm³/mol. The van der Waals surface area contributed by atoms with Gasteiger partial charge in [-0.2, -0.15) is 0 Å². The van der Waals surface area contributed by atoms with Crippen LogP contribution in [0.3, 0.4) is 0 Å². The molecule has 154 valence electrons. The molecule has 0 radical (unpaired) electrons. The molecule has 1 atom stereocenters. The fourth-order valence-electron chi connectivity index (χ4n) is 3.70. The van der Waals surface area contributed by atoms with E-state index in [1.165, 1.54) is 5.56 Å². The van der Waals surface area contributed by atoms with Crippen LogP contribution in [0.25, 0.3) is 0 Å². The van der Waals surface area contributed by atoms with Crippen LogP contribution in [0.5, 0.6) is 0 Å². The Labute approximate surface area is 185 Å². The molecule has 1 aromatic heterocycles. The Morgan fingerprint density at radius 3 is 2.80 bits per heavy atom. The van der Waals surface area contributed by atoms with Crippen LogP contribution < -0.4 is 10.2 Å². The van der Waals surface area contributed by atoms with Gasteiger partial charge in [-0.05, 0) is 47.2 Å². The molecule has 0 bridgehead atoms. The minimum absolute atomic E-state index is 0.0325. The third-order valence-electron chi connectivity index (χ3n) is 5.01. The Balaban J connectivity index is 1.56. The fraction of sp³-hybridized carbons (Fsp3) is 0.250. The van der Waals surface area contributed by atoms with Crippen molar-refractivity contribution in [1.29, 1.82) is 0 Å². The largest absolute Gasteiger partial charge is 0.326 e. The minimum Gasteiger partial charge on any atom is -0.326 e. The molecule has 30 heavy (non-hydrogen) atoms. The first kappa shape index (κ1) is 20.7. The van der Waals surface area contributed by atoms with Gasteiger partial charge in [-0.1, -0.05) is 49.7 Å². The van der Waals surface area contributed by atoms with Gasteiger partial charge in [0.25, 0.3) is 0 Å². The van der Waals surface area contributed by atoms with Crippen molar-refractivity contribution < 1.29 is 9.59 Å². The number of rotatable bonds is 7. The van der Waals surface area contributed by atoms with E-state index in [1.807, 2.05) is 64.9 Å². The van der Waals surface area contributed by atoms with Crippen molar-refractivity contribution in [3.8, 4) is 0 Å². The van der Waals surface area contributed by atoms with Crippen LogP contribution in [0, 0.1) is 0 Å². The number of carbonyl (C=O) groups excluding carboxylic acids is 2. The van der Waals surface area contributed by atoms with E-state index in [4.69, 9.17) is 0 Å². The second-order valence-corrected chi connectivity index (χ2v) is 9.34. The van der Waals surface area contributed by atoms with Gasteiger partial charge in [-0.15, -0.1) is 23.1 Å². The summed E-state index contributed by atoms with van der Waals surface area (Å²) in [5, 5.41) is 4.88. The van der Waals surface area contributed by atoms with E-state index in [0.29, 0.717) is 12.2 Å². The lowest BCUT2D eigenvalue weighted by Crippen LogP contribution is -2.28. The number of thiophene rings is 1. The first-order valence-corrected chi connectivity index (χ1v) is 12.0. The van der Waals surface area contributed by atoms with Crippen molar-refractivity contribution in [1.82, 2.24) is 0 Å². The summed E-state index contributed by atoms with van der Waals surface area (Å²) in [6.45, 7) is 2.15. The Bertz CT molecular complexity index is 1030. The maximum absolute atomic E-state index is 12.8. The molecule has 4 nitrogen and oxygen atoms in total. The third-order valence-corrected chi connectivity index (χ3v) is 7.10. The summed E-state index contributed by atoms with van der Waals surface area (Å²) in [5.74, 6) is 0.552. The van der Waals surface area contributed by atoms with Crippen molar-refractivity contribution in [2.24, 2.45) is 0 Å². The van der Waals surface area contributed by atoms with E-state index in [9.17, 15) is 9.59 Å². The highest BCUT2D eigenvalue weighted by atomic mass is 32.2. The number of amides is 2. The molecule has 2 aromatic carbocycles. The van der Waals surface area contributed by atoms with Gasteiger partial charge in [0.15, 0.2) is 0 Å². The summed E-state index contributed by atoms with van der Waals surface area (Å²) >= 11 is 3.21. The van der Waals surface area contributed by atoms with Crippen LogP contribution in [0.15, 0.2) is 66.0 Å².